The highest BCUT2D eigenvalue weighted by atomic mass is 16.5. The number of carbonyl (C=O) groups is 1. The van der Waals surface area contributed by atoms with Gasteiger partial charge in [0.25, 0.3) is 5.91 Å². The Morgan fingerprint density at radius 1 is 1.24 bits per heavy atom. The third kappa shape index (κ3) is 3.19. The molecule has 1 saturated carbocycles. The Hall–Kier alpha value is -2.54. The maximum absolute atomic E-state index is 12.8. The monoisotopic (exact) mass is 340 g/mol. The standard InChI is InChI=1S/C18H20N4O3/c1-12-10-21-13(11-20-12)18(23)22-8-9-24-17-14(22)5-6-15(17)25-16-4-2-3-7-19-16/h2-4,7,10-11,14-15,17H,5-6,8-9H2,1H3/t14-,15+,17+/m1/s1. The minimum absolute atomic E-state index is 0.00179. The molecule has 25 heavy (non-hydrogen) atoms. The first-order chi connectivity index (χ1) is 12.2. The molecular formula is C18H20N4O3. The molecule has 4 rings (SSSR count). The lowest BCUT2D eigenvalue weighted by molar-refractivity contribution is -0.0794. The minimum atomic E-state index is -0.141. The van der Waals surface area contributed by atoms with Crippen molar-refractivity contribution in [3.8, 4) is 5.88 Å². The van der Waals surface area contributed by atoms with E-state index in [1.165, 1.54) is 0 Å². The lowest BCUT2D eigenvalue weighted by atomic mass is 10.1. The summed E-state index contributed by atoms with van der Waals surface area (Å²) in [6, 6.07) is 5.58. The van der Waals surface area contributed by atoms with E-state index >= 15 is 0 Å². The molecule has 7 nitrogen and oxygen atoms in total. The van der Waals surface area contributed by atoms with Crippen LogP contribution in [0.2, 0.25) is 0 Å². The van der Waals surface area contributed by atoms with Crippen molar-refractivity contribution < 1.29 is 14.3 Å². The number of morpholine rings is 1. The van der Waals surface area contributed by atoms with Crippen LogP contribution in [0, 0.1) is 6.92 Å². The van der Waals surface area contributed by atoms with E-state index in [-0.39, 0.29) is 24.2 Å². The zero-order chi connectivity index (χ0) is 17.2. The van der Waals surface area contributed by atoms with Crippen LogP contribution in [0.1, 0.15) is 29.0 Å². The molecule has 0 spiro atoms. The van der Waals surface area contributed by atoms with Crippen LogP contribution in [0.15, 0.2) is 36.8 Å². The summed E-state index contributed by atoms with van der Waals surface area (Å²) in [5.41, 5.74) is 1.17. The fourth-order valence-electron chi connectivity index (χ4n) is 3.52. The van der Waals surface area contributed by atoms with Crippen LogP contribution in [-0.2, 0) is 4.74 Å². The normalized spacial score (nSPS) is 25.5. The van der Waals surface area contributed by atoms with Crippen LogP contribution >= 0.6 is 0 Å². The van der Waals surface area contributed by atoms with Gasteiger partial charge in [-0.05, 0) is 25.8 Å². The molecule has 0 unspecified atom stereocenters. The predicted molar refractivity (Wildman–Crippen MR) is 89.2 cm³/mol. The van der Waals surface area contributed by atoms with Gasteiger partial charge in [0.1, 0.15) is 17.9 Å². The number of hydrogen-bond acceptors (Lipinski definition) is 6. The van der Waals surface area contributed by atoms with Crippen LogP contribution in [0.4, 0.5) is 0 Å². The molecule has 2 aliphatic rings. The molecule has 1 amide bonds. The van der Waals surface area contributed by atoms with Crippen LogP contribution < -0.4 is 4.74 Å². The quantitative estimate of drug-likeness (QED) is 0.845. The highest BCUT2D eigenvalue weighted by molar-refractivity contribution is 5.92. The molecule has 7 heteroatoms. The smallest absolute Gasteiger partial charge is 0.274 e. The SMILES string of the molecule is Cc1cnc(C(=O)N2CCO[C@@H]3[C@@H](Oc4ccccn4)CC[C@H]32)cn1. The number of aromatic nitrogens is 3. The molecule has 1 aliphatic heterocycles. The number of rotatable bonds is 3. The molecule has 2 aromatic heterocycles. The van der Waals surface area contributed by atoms with Crippen LogP contribution in [-0.4, -0.2) is 57.2 Å². The molecule has 3 heterocycles. The topological polar surface area (TPSA) is 77.4 Å². The maximum Gasteiger partial charge on any atom is 0.274 e. The van der Waals surface area contributed by atoms with Crippen molar-refractivity contribution in [2.24, 2.45) is 0 Å². The van der Waals surface area contributed by atoms with E-state index in [9.17, 15) is 4.79 Å². The molecule has 2 fully saturated rings. The van der Waals surface area contributed by atoms with Gasteiger partial charge >= 0.3 is 0 Å². The summed E-state index contributed by atoms with van der Waals surface area (Å²) in [5, 5.41) is 0. The summed E-state index contributed by atoms with van der Waals surface area (Å²) in [6.45, 7) is 2.91. The second-order valence-electron chi connectivity index (χ2n) is 6.35. The lowest BCUT2D eigenvalue weighted by Crippen LogP contribution is -2.54. The Morgan fingerprint density at radius 2 is 2.16 bits per heavy atom. The van der Waals surface area contributed by atoms with Gasteiger partial charge in [0, 0.05) is 25.0 Å². The van der Waals surface area contributed by atoms with Crippen LogP contribution in [0.5, 0.6) is 5.88 Å². The molecule has 0 radical (unpaired) electrons. The van der Waals surface area contributed by atoms with Gasteiger partial charge in [0.15, 0.2) is 0 Å². The molecule has 0 aromatic carbocycles. The molecule has 3 atom stereocenters. The number of hydrogen-bond donors (Lipinski definition) is 0. The average molecular weight is 340 g/mol. The fourth-order valence-corrected chi connectivity index (χ4v) is 3.52. The summed E-state index contributed by atoms with van der Waals surface area (Å²) < 4.78 is 11.9. The summed E-state index contributed by atoms with van der Waals surface area (Å²) >= 11 is 0. The molecule has 0 bridgehead atoms. The Bertz CT molecular complexity index is 738. The first kappa shape index (κ1) is 16.0. The Balaban J connectivity index is 1.49. The number of ether oxygens (including phenoxy) is 2. The van der Waals surface area contributed by atoms with Crippen molar-refractivity contribution in [2.45, 2.75) is 38.0 Å². The Labute approximate surface area is 146 Å². The second-order valence-corrected chi connectivity index (χ2v) is 6.35. The Morgan fingerprint density at radius 3 is 2.92 bits per heavy atom. The van der Waals surface area contributed by atoms with E-state index in [2.05, 4.69) is 15.0 Å². The fraction of sp³-hybridized carbons (Fsp3) is 0.444. The van der Waals surface area contributed by atoms with Gasteiger partial charge in [0.2, 0.25) is 5.88 Å². The van der Waals surface area contributed by atoms with E-state index in [4.69, 9.17) is 9.47 Å². The van der Waals surface area contributed by atoms with Crippen molar-refractivity contribution in [3.63, 3.8) is 0 Å². The van der Waals surface area contributed by atoms with Gasteiger partial charge in [-0.1, -0.05) is 6.07 Å². The molecule has 130 valence electrons. The summed E-state index contributed by atoms with van der Waals surface area (Å²) in [4.78, 5) is 27.3. The highest BCUT2D eigenvalue weighted by Gasteiger charge is 2.46. The van der Waals surface area contributed by atoms with E-state index in [1.807, 2.05) is 30.0 Å². The molecule has 1 saturated heterocycles. The number of carbonyl (C=O) groups excluding carboxylic acids is 1. The number of nitrogens with zero attached hydrogens (tertiary/aromatic N) is 4. The summed E-state index contributed by atoms with van der Waals surface area (Å²) in [6.07, 6.45) is 6.29. The lowest BCUT2D eigenvalue weighted by Gasteiger charge is -2.38. The van der Waals surface area contributed by atoms with Crippen molar-refractivity contribution in [3.05, 3.63) is 48.2 Å². The van der Waals surface area contributed by atoms with Gasteiger partial charge < -0.3 is 14.4 Å². The third-order valence-electron chi connectivity index (χ3n) is 4.71. The van der Waals surface area contributed by atoms with E-state index in [0.717, 1.165) is 18.5 Å². The predicted octanol–water partition coefficient (Wildman–Crippen LogP) is 1.63. The summed E-state index contributed by atoms with van der Waals surface area (Å²) in [7, 11) is 0. The molecule has 2 aromatic rings. The van der Waals surface area contributed by atoms with Crippen molar-refractivity contribution in [1.29, 1.82) is 0 Å². The third-order valence-corrected chi connectivity index (χ3v) is 4.71. The van der Waals surface area contributed by atoms with Gasteiger partial charge in [-0.2, -0.15) is 0 Å². The number of fused-ring (bicyclic) bond motifs is 1. The van der Waals surface area contributed by atoms with E-state index in [1.54, 1.807) is 18.6 Å². The molecule has 1 aliphatic carbocycles. The van der Waals surface area contributed by atoms with Gasteiger partial charge in [0.05, 0.1) is 24.5 Å². The van der Waals surface area contributed by atoms with Crippen LogP contribution in [0.25, 0.3) is 0 Å². The van der Waals surface area contributed by atoms with Crippen LogP contribution in [0.3, 0.4) is 0 Å². The van der Waals surface area contributed by atoms with Gasteiger partial charge in [-0.25, -0.2) is 9.97 Å². The summed E-state index contributed by atoms with van der Waals surface area (Å²) in [5.74, 6) is 0.494. The first-order valence-electron chi connectivity index (χ1n) is 8.51. The number of aryl methyl sites for hydroxylation is 1. The Kier molecular flexibility index (Phi) is 4.31. The second kappa shape index (κ2) is 6.76. The van der Waals surface area contributed by atoms with Crippen molar-refractivity contribution in [1.82, 2.24) is 19.9 Å². The largest absolute Gasteiger partial charge is 0.471 e. The van der Waals surface area contributed by atoms with E-state index in [0.29, 0.717) is 24.7 Å². The zero-order valence-corrected chi connectivity index (χ0v) is 14.0. The highest BCUT2D eigenvalue weighted by Crippen LogP contribution is 2.33. The number of amides is 1. The number of pyridine rings is 1. The van der Waals surface area contributed by atoms with E-state index < -0.39 is 0 Å². The first-order valence-corrected chi connectivity index (χ1v) is 8.51. The minimum Gasteiger partial charge on any atom is -0.471 e. The average Bonchev–Trinajstić information content (AvgIpc) is 3.06. The van der Waals surface area contributed by atoms with Gasteiger partial charge in [-0.3, -0.25) is 9.78 Å². The van der Waals surface area contributed by atoms with Gasteiger partial charge in [-0.15, -0.1) is 0 Å². The maximum atomic E-state index is 12.8. The van der Waals surface area contributed by atoms with Crippen molar-refractivity contribution in [2.75, 3.05) is 13.2 Å². The van der Waals surface area contributed by atoms with Crippen molar-refractivity contribution >= 4 is 5.91 Å². The molecule has 0 N–H and O–H groups in total. The zero-order valence-electron chi connectivity index (χ0n) is 14.0. The molecular weight excluding hydrogens is 320 g/mol.